The summed E-state index contributed by atoms with van der Waals surface area (Å²) in [5.74, 6) is 0. The molecule has 0 saturated carbocycles. The van der Waals surface area contributed by atoms with E-state index in [1.807, 2.05) is 0 Å². The Morgan fingerprint density at radius 1 is 1.35 bits per heavy atom. The van der Waals surface area contributed by atoms with Crippen LogP contribution in [-0.4, -0.2) is 33.5 Å². The minimum Gasteiger partial charge on any atom is -0.382 e. The number of methoxy groups -OCH3 is 1. The van der Waals surface area contributed by atoms with Crippen molar-refractivity contribution in [3.8, 4) is 0 Å². The molecule has 0 aliphatic rings. The monoisotopic (exact) mass is 321 g/mol. The number of hydrogen-bond donors (Lipinski definition) is 1. The maximum Gasteiger partial charge on any atom is 0.0700 e. The second-order valence-corrected chi connectivity index (χ2v) is 5.28. The van der Waals surface area contributed by atoms with E-state index < -0.39 is 0 Å². The summed E-state index contributed by atoms with van der Waals surface area (Å²) < 4.78 is 11.6. The molecule has 0 aliphatic carbocycles. The van der Waals surface area contributed by atoms with Gasteiger partial charge in [-0.05, 0) is 39.8 Å². The van der Waals surface area contributed by atoms with Gasteiger partial charge in [-0.3, -0.25) is 0 Å². The van der Waals surface area contributed by atoms with Gasteiger partial charge in [-0.25, -0.2) is 0 Å². The van der Waals surface area contributed by atoms with Gasteiger partial charge in [0.15, 0.2) is 0 Å². The second kappa shape index (κ2) is 9.05. The Morgan fingerprint density at radius 3 is 2.76 bits per heavy atom. The van der Waals surface area contributed by atoms with E-state index in [1.54, 1.807) is 18.4 Å². The Labute approximate surface area is 116 Å². The van der Waals surface area contributed by atoms with Crippen LogP contribution in [-0.2, 0) is 9.47 Å². The third-order valence-corrected chi connectivity index (χ3v) is 4.20. The molecule has 0 bridgehead atoms. The Bertz CT molecular complexity index is 306. The van der Waals surface area contributed by atoms with E-state index in [-0.39, 0.29) is 0 Å². The maximum absolute atomic E-state index is 5.51. The summed E-state index contributed by atoms with van der Waals surface area (Å²) in [5, 5.41) is 7.79. The molecule has 5 heteroatoms. The van der Waals surface area contributed by atoms with E-state index in [4.69, 9.17) is 9.47 Å². The third-order valence-electron chi connectivity index (χ3n) is 2.45. The lowest BCUT2D eigenvalue weighted by atomic mass is 10.1. The van der Waals surface area contributed by atoms with Crippen LogP contribution in [0.15, 0.2) is 15.2 Å². The molecular formula is C12H20BrNO2S. The minimum absolute atomic E-state index is 0.364. The van der Waals surface area contributed by atoms with Gasteiger partial charge < -0.3 is 14.8 Å². The van der Waals surface area contributed by atoms with E-state index in [0.29, 0.717) is 19.3 Å². The summed E-state index contributed by atoms with van der Waals surface area (Å²) in [6, 6.07) is 0.364. The van der Waals surface area contributed by atoms with Gasteiger partial charge in [-0.1, -0.05) is 6.92 Å². The largest absolute Gasteiger partial charge is 0.382 e. The van der Waals surface area contributed by atoms with E-state index in [0.717, 1.165) is 19.6 Å². The fourth-order valence-electron chi connectivity index (χ4n) is 1.60. The zero-order valence-corrected chi connectivity index (χ0v) is 12.8. The molecule has 0 amide bonds. The molecular weight excluding hydrogens is 302 g/mol. The van der Waals surface area contributed by atoms with Crippen molar-refractivity contribution in [3.05, 3.63) is 20.8 Å². The molecule has 0 aromatic carbocycles. The molecule has 1 unspecified atom stereocenters. The Balaban J connectivity index is 2.36. The lowest BCUT2D eigenvalue weighted by Gasteiger charge is -2.17. The second-order valence-electron chi connectivity index (χ2n) is 3.68. The first-order valence-corrected chi connectivity index (χ1v) is 7.54. The van der Waals surface area contributed by atoms with Crippen molar-refractivity contribution in [1.82, 2.24) is 5.32 Å². The van der Waals surface area contributed by atoms with Crippen molar-refractivity contribution < 1.29 is 9.47 Å². The standard InChI is InChI=1S/C12H20BrNO2S/c1-3-14-12(4-5-16-7-6-15-2)10-8-17-9-11(10)13/h8-9,12,14H,3-7H2,1-2H3. The molecule has 0 radical (unpaired) electrons. The fraction of sp³-hybridized carbons (Fsp3) is 0.667. The van der Waals surface area contributed by atoms with Crippen LogP contribution in [0.4, 0.5) is 0 Å². The van der Waals surface area contributed by atoms with Gasteiger partial charge >= 0.3 is 0 Å². The SMILES string of the molecule is CCNC(CCOCCOC)c1cscc1Br. The summed E-state index contributed by atoms with van der Waals surface area (Å²) in [6.07, 6.45) is 0.979. The molecule has 1 N–H and O–H groups in total. The molecule has 1 atom stereocenters. The van der Waals surface area contributed by atoms with Crippen LogP contribution in [0.5, 0.6) is 0 Å². The van der Waals surface area contributed by atoms with Crippen molar-refractivity contribution in [2.45, 2.75) is 19.4 Å². The van der Waals surface area contributed by atoms with Gasteiger partial charge in [0.2, 0.25) is 0 Å². The minimum atomic E-state index is 0.364. The fourth-order valence-corrected chi connectivity index (χ4v) is 3.23. The molecule has 0 spiro atoms. The lowest BCUT2D eigenvalue weighted by Crippen LogP contribution is -2.22. The van der Waals surface area contributed by atoms with Crippen molar-refractivity contribution >= 4 is 27.3 Å². The first-order chi connectivity index (χ1) is 8.29. The van der Waals surface area contributed by atoms with E-state index in [2.05, 4.69) is 38.9 Å². The lowest BCUT2D eigenvalue weighted by molar-refractivity contribution is 0.0658. The zero-order valence-electron chi connectivity index (χ0n) is 10.4. The van der Waals surface area contributed by atoms with Crippen LogP contribution >= 0.6 is 27.3 Å². The quantitative estimate of drug-likeness (QED) is 0.708. The predicted octanol–water partition coefficient (Wildman–Crippen LogP) is 3.21. The topological polar surface area (TPSA) is 30.5 Å². The van der Waals surface area contributed by atoms with Gasteiger partial charge in [-0.2, -0.15) is 11.3 Å². The van der Waals surface area contributed by atoms with Crippen molar-refractivity contribution in [1.29, 1.82) is 0 Å². The third kappa shape index (κ3) is 5.48. The number of hydrogen-bond acceptors (Lipinski definition) is 4. The molecule has 1 rings (SSSR count). The van der Waals surface area contributed by atoms with Gasteiger partial charge in [0.25, 0.3) is 0 Å². The van der Waals surface area contributed by atoms with E-state index in [9.17, 15) is 0 Å². The van der Waals surface area contributed by atoms with E-state index in [1.165, 1.54) is 10.0 Å². The molecule has 0 aliphatic heterocycles. The zero-order chi connectivity index (χ0) is 12.5. The number of thiophene rings is 1. The average Bonchev–Trinajstić information content (AvgIpc) is 2.74. The highest BCUT2D eigenvalue weighted by atomic mass is 79.9. The normalized spacial score (nSPS) is 12.9. The predicted molar refractivity (Wildman–Crippen MR) is 75.7 cm³/mol. The van der Waals surface area contributed by atoms with Crippen molar-refractivity contribution in [2.75, 3.05) is 33.5 Å². The highest BCUT2D eigenvalue weighted by Gasteiger charge is 2.13. The van der Waals surface area contributed by atoms with Crippen LogP contribution in [0.3, 0.4) is 0 Å². The summed E-state index contributed by atoms with van der Waals surface area (Å²) >= 11 is 5.30. The number of rotatable bonds is 9. The molecule has 0 fully saturated rings. The molecule has 0 saturated heterocycles. The van der Waals surface area contributed by atoms with E-state index >= 15 is 0 Å². The van der Waals surface area contributed by atoms with Crippen LogP contribution in [0.1, 0.15) is 24.9 Å². The summed E-state index contributed by atoms with van der Waals surface area (Å²) in [7, 11) is 1.69. The van der Waals surface area contributed by atoms with Crippen LogP contribution in [0.2, 0.25) is 0 Å². The van der Waals surface area contributed by atoms with Gasteiger partial charge in [0, 0.05) is 29.6 Å². The Kier molecular flexibility index (Phi) is 8.05. The van der Waals surface area contributed by atoms with Gasteiger partial charge in [0.05, 0.1) is 13.2 Å². The maximum atomic E-state index is 5.51. The molecule has 1 aromatic heterocycles. The highest BCUT2D eigenvalue weighted by Crippen LogP contribution is 2.29. The average molecular weight is 322 g/mol. The van der Waals surface area contributed by atoms with Crippen LogP contribution < -0.4 is 5.32 Å². The smallest absolute Gasteiger partial charge is 0.0700 e. The van der Waals surface area contributed by atoms with Crippen molar-refractivity contribution in [2.24, 2.45) is 0 Å². The Morgan fingerprint density at radius 2 is 2.18 bits per heavy atom. The Hall–Kier alpha value is 0.0600. The highest BCUT2D eigenvalue weighted by molar-refractivity contribution is 9.10. The first kappa shape index (κ1) is 15.1. The molecule has 1 aromatic rings. The van der Waals surface area contributed by atoms with Crippen molar-refractivity contribution in [3.63, 3.8) is 0 Å². The van der Waals surface area contributed by atoms with Gasteiger partial charge in [0.1, 0.15) is 0 Å². The number of nitrogens with one attached hydrogen (secondary N) is 1. The molecule has 98 valence electrons. The van der Waals surface area contributed by atoms with Gasteiger partial charge in [-0.15, -0.1) is 0 Å². The molecule has 1 heterocycles. The molecule has 3 nitrogen and oxygen atoms in total. The van der Waals surface area contributed by atoms with Crippen LogP contribution in [0.25, 0.3) is 0 Å². The number of ether oxygens (including phenoxy) is 2. The van der Waals surface area contributed by atoms with Crippen LogP contribution in [0, 0.1) is 0 Å². The number of halogens is 1. The summed E-state index contributed by atoms with van der Waals surface area (Å²) in [5.41, 5.74) is 1.33. The first-order valence-electron chi connectivity index (χ1n) is 5.81. The summed E-state index contributed by atoms with van der Waals surface area (Å²) in [6.45, 7) is 5.17. The molecule has 17 heavy (non-hydrogen) atoms. The summed E-state index contributed by atoms with van der Waals surface area (Å²) in [4.78, 5) is 0.